The summed E-state index contributed by atoms with van der Waals surface area (Å²) in [6, 6.07) is 19.6. The Labute approximate surface area is 194 Å². The Morgan fingerprint density at radius 2 is 1.79 bits per heavy atom. The van der Waals surface area contributed by atoms with Crippen LogP contribution >= 0.6 is 11.8 Å². The third-order valence-electron chi connectivity index (χ3n) is 5.03. The molecule has 0 atom stereocenters. The van der Waals surface area contributed by atoms with Gasteiger partial charge in [0.25, 0.3) is 11.5 Å². The molecule has 2 aromatic carbocycles. The number of nitrogens with one attached hydrogen (secondary N) is 2. The van der Waals surface area contributed by atoms with E-state index in [-0.39, 0.29) is 34.6 Å². The number of rotatable bonds is 7. The molecule has 0 aliphatic heterocycles. The van der Waals surface area contributed by atoms with Gasteiger partial charge in [0, 0.05) is 17.6 Å². The number of furan rings is 1. The van der Waals surface area contributed by atoms with Gasteiger partial charge in [-0.3, -0.25) is 19.1 Å². The summed E-state index contributed by atoms with van der Waals surface area (Å²) in [4.78, 5) is 38.5. The molecule has 0 aliphatic carbocycles. The van der Waals surface area contributed by atoms with Crippen LogP contribution < -0.4 is 16.2 Å². The molecule has 0 saturated carbocycles. The summed E-state index contributed by atoms with van der Waals surface area (Å²) in [7, 11) is 1.77. The third kappa shape index (κ3) is 4.93. The molecule has 0 fully saturated rings. The molecule has 0 bridgehead atoms. The van der Waals surface area contributed by atoms with Crippen molar-refractivity contribution in [1.82, 2.24) is 9.36 Å². The second-order valence-electron chi connectivity index (χ2n) is 7.23. The number of aromatic nitrogens is 2. The van der Waals surface area contributed by atoms with Gasteiger partial charge in [0.2, 0.25) is 5.91 Å². The van der Waals surface area contributed by atoms with E-state index < -0.39 is 0 Å². The SMILES string of the molecule is Cc1c(NC(=O)CSc2cccc(NC(=O)c3ccco3)c2)c(=O)n(-c2ccccc2)n1C. The normalized spacial score (nSPS) is 10.7. The lowest BCUT2D eigenvalue weighted by molar-refractivity contribution is -0.113. The number of hydrogen-bond acceptors (Lipinski definition) is 5. The van der Waals surface area contributed by atoms with E-state index in [2.05, 4.69) is 10.6 Å². The molecule has 2 aromatic heterocycles. The van der Waals surface area contributed by atoms with Gasteiger partial charge in [0.05, 0.1) is 23.4 Å². The fourth-order valence-electron chi connectivity index (χ4n) is 3.30. The molecule has 0 radical (unpaired) electrons. The van der Waals surface area contributed by atoms with Crippen LogP contribution in [0.25, 0.3) is 5.69 Å². The van der Waals surface area contributed by atoms with E-state index >= 15 is 0 Å². The maximum Gasteiger partial charge on any atom is 0.295 e. The molecule has 0 unspecified atom stereocenters. The molecule has 2 N–H and O–H groups in total. The summed E-state index contributed by atoms with van der Waals surface area (Å²) in [5, 5.41) is 5.51. The fraction of sp³-hybridized carbons (Fsp3) is 0.125. The highest BCUT2D eigenvalue weighted by Crippen LogP contribution is 2.23. The van der Waals surface area contributed by atoms with E-state index in [9.17, 15) is 14.4 Å². The van der Waals surface area contributed by atoms with E-state index in [1.165, 1.54) is 22.7 Å². The number of para-hydroxylation sites is 1. The van der Waals surface area contributed by atoms with Crippen molar-refractivity contribution < 1.29 is 14.0 Å². The monoisotopic (exact) mass is 462 g/mol. The van der Waals surface area contributed by atoms with Gasteiger partial charge in [0.1, 0.15) is 5.69 Å². The van der Waals surface area contributed by atoms with E-state index in [0.29, 0.717) is 11.4 Å². The molecule has 4 aromatic rings. The van der Waals surface area contributed by atoms with Crippen LogP contribution in [0.3, 0.4) is 0 Å². The topological polar surface area (TPSA) is 98.3 Å². The van der Waals surface area contributed by atoms with Crippen LogP contribution in [-0.4, -0.2) is 26.9 Å². The van der Waals surface area contributed by atoms with Gasteiger partial charge < -0.3 is 15.1 Å². The first-order chi connectivity index (χ1) is 15.9. The molecule has 2 amide bonds. The first kappa shape index (κ1) is 22.2. The van der Waals surface area contributed by atoms with E-state index in [0.717, 1.165) is 10.6 Å². The maximum atomic E-state index is 12.9. The van der Waals surface area contributed by atoms with Crippen molar-refractivity contribution in [2.24, 2.45) is 7.05 Å². The van der Waals surface area contributed by atoms with Gasteiger partial charge >= 0.3 is 0 Å². The van der Waals surface area contributed by atoms with Crippen molar-refractivity contribution >= 4 is 35.0 Å². The standard InChI is InChI=1S/C24H22N4O4S/c1-16-22(24(31)28(27(16)2)18-9-4-3-5-10-18)26-21(29)15-33-19-11-6-8-17(14-19)25-23(30)20-12-7-13-32-20/h3-14H,15H2,1-2H3,(H,25,30)(H,26,29). The lowest BCUT2D eigenvalue weighted by Crippen LogP contribution is -2.23. The molecule has 168 valence electrons. The van der Waals surface area contributed by atoms with E-state index in [1.807, 2.05) is 36.4 Å². The Morgan fingerprint density at radius 3 is 2.52 bits per heavy atom. The van der Waals surface area contributed by atoms with Crippen LogP contribution in [0.2, 0.25) is 0 Å². The minimum absolute atomic E-state index is 0.106. The van der Waals surface area contributed by atoms with Gasteiger partial charge in [-0.05, 0) is 49.4 Å². The Balaban J connectivity index is 1.41. The number of thioether (sulfide) groups is 1. The highest BCUT2D eigenvalue weighted by molar-refractivity contribution is 8.00. The Morgan fingerprint density at radius 1 is 1.00 bits per heavy atom. The predicted octanol–water partition coefficient (Wildman–Crippen LogP) is 4.06. The number of nitrogens with zero attached hydrogens (tertiary/aromatic N) is 2. The van der Waals surface area contributed by atoms with Crippen LogP contribution in [0.1, 0.15) is 16.2 Å². The number of anilines is 2. The Kier molecular flexibility index (Phi) is 6.50. The summed E-state index contributed by atoms with van der Waals surface area (Å²) >= 11 is 1.30. The smallest absolute Gasteiger partial charge is 0.295 e. The summed E-state index contributed by atoms with van der Waals surface area (Å²) in [6.07, 6.45) is 1.43. The molecule has 4 rings (SSSR count). The van der Waals surface area contributed by atoms with Crippen molar-refractivity contribution in [3.63, 3.8) is 0 Å². The van der Waals surface area contributed by atoms with Crippen LogP contribution in [0.5, 0.6) is 0 Å². The number of benzene rings is 2. The number of hydrogen-bond donors (Lipinski definition) is 2. The lowest BCUT2D eigenvalue weighted by atomic mass is 10.3. The quantitative estimate of drug-likeness (QED) is 0.404. The van der Waals surface area contributed by atoms with E-state index in [1.54, 1.807) is 49.0 Å². The minimum atomic E-state index is -0.353. The van der Waals surface area contributed by atoms with Crippen molar-refractivity contribution in [1.29, 1.82) is 0 Å². The zero-order chi connectivity index (χ0) is 23.4. The van der Waals surface area contributed by atoms with Crippen LogP contribution in [0, 0.1) is 6.92 Å². The zero-order valence-electron chi connectivity index (χ0n) is 18.1. The van der Waals surface area contributed by atoms with Crippen molar-refractivity contribution in [2.75, 3.05) is 16.4 Å². The van der Waals surface area contributed by atoms with Crippen molar-refractivity contribution in [3.05, 3.63) is 94.8 Å². The van der Waals surface area contributed by atoms with Crippen LogP contribution in [-0.2, 0) is 11.8 Å². The summed E-state index contributed by atoms with van der Waals surface area (Å²) in [6.45, 7) is 1.79. The first-order valence-electron chi connectivity index (χ1n) is 10.2. The van der Waals surface area contributed by atoms with Gasteiger partial charge in [-0.25, -0.2) is 4.68 Å². The molecule has 0 saturated heterocycles. The number of carbonyl (C=O) groups excluding carboxylic acids is 2. The molecule has 0 aliphatic rings. The Hall–Kier alpha value is -3.98. The molecule has 8 nitrogen and oxygen atoms in total. The second-order valence-corrected chi connectivity index (χ2v) is 8.28. The average Bonchev–Trinajstić information content (AvgIpc) is 3.43. The van der Waals surface area contributed by atoms with Gasteiger partial charge in [-0.2, -0.15) is 0 Å². The fourth-order valence-corrected chi connectivity index (χ4v) is 4.06. The highest BCUT2D eigenvalue weighted by atomic mass is 32.2. The minimum Gasteiger partial charge on any atom is -0.459 e. The summed E-state index contributed by atoms with van der Waals surface area (Å²) in [5.74, 6) is -0.327. The molecular formula is C24H22N4O4S. The van der Waals surface area contributed by atoms with Gasteiger partial charge in [-0.1, -0.05) is 24.3 Å². The summed E-state index contributed by atoms with van der Waals surface area (Å²) in [5.41, 5.74) is 1.93. The molecular weight excluding hydrogens is 440 g/mol. The first-order valence-corrected chi connectivity index (χ1v) is 11.1. The third-order valence-corrected chi connectivity index (χ3v) is 6.02. The second kappa shape index (κ2) is 9.66. The molecule has 0 spiro atoms. The number of carbonyl (C=O) groups is 2. The van der Waals surface area contributed by atoms with Gasteiger partial charge in [0.15, 0.2) is 5.76 Å². The highest BCUT2D eigenvalue weighted by Gasteiger charge is 2.18. The molecule has 33 heavy (non-hydrogen) atoms. The zero-order valence-corrected chi connectivity index (χ0v) is 18.9. The largest absolute Gasteiger partial charge is 0.459 e. The van der Waals surface area contributed by atoms with Crippen LogP contribution in [0.15, 0.2) is 87.1 Å². The summed E-state index contributed by atoms with van der Waals surface area (Å²) < 4.78 is 8.32. The predicted molar refractivity (Wildman–Crippen MR) is 128 cm³/mol. The van der Waals surface area contributed by atoms with Gasteiger partial charge in [-0.15, -0.1) is 11.8 Å². The lowest BCUT2D eigenvalue weighted by Gasteiger charge is -2.07. The van der Waals surface area contributed by atoms with Crippen LogP contribution in [0.4, 0.5) is 11.4 Å². The molecule has 2 heterocycles. The molecule has 9 heteroatoms. The Bertz CT molecular complexity index is 1340. The average molecular weight is 463 g/mol. The van der Waals surface area contributed by atoms with Crippen molar-refractivity contribution in [3.8, 4) is 5.69 Å². The maximum absolute atomic E-state index is 12.9. The van der Waals surface area contributed by atoms with E-state index in [4.69, 9.17) is 4.42 Å². The van der Waals surface area contributed by atoms with Crippen molar-refractivity contribution in [2.45, 2.75) is 11.8 Å². The number of amides is 2.